The Hall–Kier alpha value is -4.10. The van der Waals surface area contributed by atoms with Crippen LogP contribution >= 0.6 is 0 Å². The molecule has 0 N–H and O–H groups in total. The number of para-hydroxylation sites is 1. The summed E-state index contributed by atoms with van der Waals surface area (Å²) in [5, 5.41) is 2.38. The summed E-state index contributed by atoms with van der Waals surface area (Å²) < 4.78 is 6.33. The molecule has 160 valence electrons. The maximum atomic E-state index is 6.33. The molecule has 1 aromatic heterocycles. The second kappa shape index (κ2) is 6.27. The molecule has 1 unspecified atom stereocenters. The van der Waals surface area contributed by atoms with Crippen LogP contribution < -0.4 is 0 Å². The Balaban J connectivity index is 1.62. The molecule has 1 atom stereocenters. The lowest BCUT2D eigenvalue weighted by atomic mass is 9.69. The van der Waals surface area contributed by atoms with Crippen molar-refractivity contribution in [3.05, 3.63) is 131 Å². The average molecular weight is 435 g/mol. The zero-order valence-corrected chi connectivity index (χ0v) is 18.9. The summed E-state index contributed by atoms with van der Waals surface area (Å²) in [7, 11) is 0. The Kier molecular flexibility index (Phi) is 3.38. The van der Waals surface area contributed by atoms with Crippen molar-refractivity contribution in [3.63, 3.8) is 0 Å². The highest BCUT2D eigenvalue weighted by molar-refractivity contribution is 6.08. The van der Waals surface area contributed by atoms with E-state index >= 15 is 0 Å². The third-order valence-corrected chi connectivity index (χ3v) is 8.07. The number of hydrogen-bond acceptors (Lipinski definition) is 1. The van der Waals surface area contributed by atoms with E-state index in [0.717, 1.165) is 17.6 Å². The predicted octanol–water partition coefficient (Wildman–Crippen LogP) is 8.49. The monoisotopic (exact) mass is 434 g/mol. The largest absolute Gasteiger partial charge is 0.456 e. The summed E-state index contributed by atoms with van der Waals surface area (Å²) in [6, 6.07) is 38.0. The van der Waals surface area contributed by atoms with Crippen molar-refractivity contribution in [3.8, 4) is 22.3 Å². The third-order valence-electron chi connectivity index (χ3n) is 8.07. The second-order valence-electron chi connectivity index (χ2n) is 9.53. The van der Waals surface area contributed by atoms with Crippen molar-refractivity contribution in [1.82, 2.24) is 0 Å². The van der Waals surface area contributed by atoms with E-state index in [-0.39, 0.29) is 5.41 Å². The van der Waals surface area contributed by atoms with Crippen LogP contribution in [0.1, 0.15) is 34.7 Å². The van der Waals surface area contributed by atoms with Gasteiger partial charge in [0.25, 0.3) is 0 Å². The molecule has 2 aliphatic rings. The molecule has 2 aliphatic carbocycles. The van der Waals surface area contributed by atoms with Crippen molar-refractivity contribution < 1.29 is 4.42 Å². The molecule has 0 radical (unpaired) electrons. The van der Waals surface area contributed by atoms with Gasteiger partial charge in [0.1, 0.15) is 11.2 Å². The number of fused-ring (bicyclic) bond motifs is 13. The van der Waals surface area contributed by atoms with E-state index in [1.54, 1.807) is 0 Å². The molecular weight excluding hydrogens is 412 g/mol. The maximum Gasteiger partial charge on any atom is 0.136 e. The van der Waals surface area contributed by atoms with Crippen molar-refractivity contribution in [2.75, 3.05) is 0 Å². The smallest absolute Gasteiger partial charge is 0.136 e. The van der Waals surface area contributed by atoms with Crippen LogP contribution in [0.3, 0.4) is 0 Å². The van der Waals surface area contributed by atoms with Crippen molar-refractivity contribution >= 4 is 21.9 Å². The van der Waals surface area contributed by atoms with Crippen molar-refractivity contribution in [2.45, 2.75) is 18.8 Å². The Morgan fingerprint density at radius 1 is 0.559 bits per heavy atom. The molecule has 8 rings (SSSR count). The molecule has 0 amide bonds. The number of rotatable bonds is 1. The van der Waals surface area contributed by atoms with E-state index in [9.17, 15) is 0 Å². The molecule has 1 heterocycles. The SMILES string of the molecule is CCc1cccc2c1C1(c3ccccc3-c3cc4oc5ccccc5c4cc31)c1ccccc1-2. The van der Waals surface area contributed by atoms with Gasteiger partial charge in [0, 0.05) is 10.8 Å². The summed E-state index contributed by atoms with van der Waals surface area (Å²) >= 11 is 0. The van der Waals surface area contributed by atoms with Gasteiger partial charge in [-0.3, -0.25) is 0 Å². The molecule has 0 saturated heterocycles. The maximum absolute atomic E-state index is 6.33. The first kappa shape index (κ1) is 18.3. The summed E-state index contributed by atoms with van der Waals surface area (Å²) in [6.45, 7) is 2.28. The molecule has 1 spiro atoms. The molecule has 1 heteroatoms. The van der Waals surface area contributed by atoms with E-state index in [2.05, 4.69) is 104 Å². The summed E-state index contributed by atoms with van der Waals surface area (Å²) in [5.41, 5.74) is 14.0. The predicted molar refractivity (Wildman–Crippen MR) is 139 cm³/mol. The summed E-state index contributed by atoms with van der Waals surface area (Å²) in [4.78, 5) is 0. The van der Waals surface area contributed by atoms with Gasteiger partial charge in [-0.1, -0.05) is 91.9 Å². The summed E-state index contributed by atoms with van der Waals surface area (Å²) in [6.07, 6.45) is 1.01. The number of hydrogen-bond donors (Lipinski definition) is 0. The molecule has 34 heavy (non-hydrogen) atoms. The zero-order valence-electron chi connectivity index (χ0n) is 18.9. The van der Waals surface area contributed by atoms with Crippen LogP contribution in [0.5, 0.6) is 0 Å². The number of benzene rings is 5. The molecule has 0 saturated carbocycles. The Bertz CT molecular complexity index is 1800. The molecular formula is C33H22O. The highest BCUT2D eigenvalue weighted by atomic mass is 16.3. The lowest BCUT2D eigenvalue weighted by Crippen LogP contribution is -2.27. The first-order valence-electron chi connectivity index (χ1n) is 12.1. The van der Waals surface area contributed by atoms with Gasteiger partial charge in [-0.25, -0.2) is 0 Å². The van der Waals surface area contributed by atoms with E-state index in [1.807, 2.05) is 6.07 Å². The fraction of sp³-hybridized carbons (Fsp3) is 0.0909. The minimum absolute atomic E-state index is 0.309. The fourth-order valence-corrected chi connectivity index (χ4v) is 6.80. The van der Waals surface area contributed by atoms with Crippen molar-refractivity contribution in [2.24, 2.45) is 0 Å². The third kappa shape index (κ3) is 1.98. The quantitative estimate of drug-likeness (QED) is 0.252. The van der Waals surface area contributed by atoms with Gasteiger partial charge < -0.3 is 4.42 Å². The van der Waals surface area contributed by atoms with Crippen LogP contribution in [-0.4, -0.2) is 0 Å². The molecule has 0 bridgehead atoms. The van der Waals surface area contributed by atoms with Gasteiger partial charge in [-0.05, 0) is 74.7 Å². The number of furan rings is 1. The second-order valence-corrected chi connectivity index (χ2v) is 9.53. The Labute approximate surface area is 198 Å². The summed E-state index contributed by atoms with van der Waals surface area (Å²) in [5.74, 6) is 0. The Morgan fingerprint density at radius 2 is 1.24 bits per heavy atom. The van der Waals surface area contributed by atoms with Gasteiger partial charge in [-0.15, -0.1) is 0 Å². The molecule has 6 aromatic rings. The Morgan fingerprint density at radius 3 is 2.03 bits per heavy atom. The first-order chi connectivity index (χ1) is 16.8. The van der Waals surface area contributed by atoms with Crippen molar-refractivity contribution in [1.29, 1.82) is 0 Å². The van der Waals surface area contributed by atoms with Gasteiger partial charge in [0.05, 0.1) is 5.41 Å². The standard InChI is InChI=1S/C33H22O/c1-2-20-10-9-14-24-21-11-3-6-15-27(21)33(32(20)24)28-16-7-4-12-22(28)25-19-31-26(18-29(25)33)23-13-5-8-17-30(23)34-31/h3-19H,2H2,1H3. The molecule has 0 aliphatic heterocycles. The van der Waals surface area contributed by atoms with Crippen LogP contribution in [0.4, 0.5) is 0 Å². The van der Waals surface area contributed by atoms with E-state index in [4.69, 9.17) is 4.42 Å². The molecule has 0 fully saturated rings. The normalized spacial score (nSPS) is 17.2. The van der Waals surface area contributed by atoms with E-state index in [0.29, 0.717) is 0 Å². The van der Waals surface area contributed by atoms with Gasteiger partial charge >= 0.3 is 0 Å². The van der Waals surface area contributed by atoms with Gasteiger partial charge in [-0.2, -0.15) is 0 Å². The van der Waals surface area contributed by atoms with E-state index < -0.39 is 0 Å². The minimum atomic E-state index is -0.309. The molecule has 5 aromatic carbocycles. The average Bonchev–Trinajstić information content (AvgIpc) is 3.51. The fourth-order valence-electron chi connectivity index (χ4n) is 6.80. The van der Waals surface area contributed by atoms with Gasteiger partial charge in [0.2, 0.25) is 0 Å². The molecule has 1 nitrogen and oxygen atoms in total. The van der Waals surface area contributed by atoms with E-state index in [1.165, 1.54) is 60.8 Å². The van der Waals surface area contributed by atoms with Crippen LogP contribution in [0, 0.1) is 0 Å². The van der Waals surface area contributed by atoms with Gasteiger partial charge in [0.15, 0.2) is 0 Å². The zero-order chi connectivity index (χ0) is 22.4. The highest BCUT2D eigenvalue weighted by Gasteiger charge is 2.52. The minimum Gasteiger partial charge on any atom is -0.456 e. The van der Waals surface area contributed by atoms with Crippen LogP contribution in [0.15, 0.2) is 108 Å². The lowest BCUT2D eigenvalue weighted by molar-refractivity contribution is 0.668. The number of aryl methyl sites for hydroxylation is 1. The van der Waals surface area contributed by atoms with Crippen LogP contribution in [-0.2, 0) is 11.8 Å². The van der Waals surface area contributed by atoms with Crippen LogP contribution in [0.25, 0.3) is 44.2 Å². The van der Waals surface area contributed by atoms with Crippen LogP contribution in [0.2, 0.25) is 0 Å². The topological polar surface area (TPSA) is 13.1 Å². The highest BCUT2D eigenvalue weighted by Crippen LogP contribution is 2.64. The lowest BCUT2D eigenvalue weighted by Gasteiger charge is -2.32. The first-order valence-corrected chi connectivity index (χ1v) is 12.1.